The van der Waals surface area contributed by atoms with Crippen LogP contribution in [0.15, 0.2) is 0 Å². The van der Waals surface area contributed by atoms with Gasteiger partial charge >= 0.3 is 12.0 Å². The molecule has 0 bridgehead atoms. The average molecular weight is 306 g/mol. The average Bonchev–Trinajstić information content (AvgIpc) is 2.35. The van der Waals surface area contributed by atoms with Crippen molar-refractivity contribution in [1.29, 1.82) is 0 Å². The lowest BCUT2D eigenvalue weighted by Gasteiger charge is -2.26. The van der Waals surface area contributed by atoms with Gasteiger partial charge in [-0.1, -0.05) is 0 Å². The monoisotopic (exact) mass is 306 g/mol. The number of aliphatic carboxylic acids is 1. The van der Waals surface area contributed by atoms with E-state index in [-0.39, 0.29) is 24.2 Å². The molecule has 8 heteroatoms. The number of hydrogen-bond donors (Lipinski definition) is 3. The molecule has 1 saturated carbocycles. The first-order valence-electron chi connectivity index (χ1n) is 6.70. The van der Waals surface area contributed by atoms with Crippen LogP contribution in [-0.4, -0.2) is 50.6 Å². The van der Waals surface area contributed by atoms with Gasteiger partial charge in [0.15, 0.2) is 0 Å². The number of rotatable bonds is 6. The minimum atomic E-state index is -3.07. The van der Waals surface area contributed by atoms with Crippen molar-refractivity contribution in [3.8, 4) is 0 Å². The first-order chi connectivity index (χ1) is 9.28. The first kappa shape index (κ1) is 16.7. The Hall–Kier alpha value is -1.31. The van der Waals surface area contributed by atoms with Crippen LogP contribution in [-0.2, 0) is 14.6 Å². The summed E-state index contributed by atoms with van der Waals surface area (Å²) in [5.41, 5.74) is 0. The summed E-state index contributed by atoms with van der Waals surface area (Å²) in [6.07, 6.45) is 4.00. The zero-order chi connectivity index (χ0) is 15.2. The van der Waals surface area contributed by atoms with Crippen molar-refractivity contribution in [2.75, 3.05) is 25.1 Å². The molecule has 1 rings (SSSR count). The van der Waals surface area contributed by atoms with Crippen LogP contribution in [0.4, 0.5) is 4.79 Å². The molecule has 0 atom stereocenters. The Morgan fingerprint density at radius 2 is 1.75 bits per heavy atom. The van der Waals surface area contributed by atoms with Gasteiger partial charge in [-0.2, -0.15) is 0 Å². The van der Waals surface area contributed by atoms with Crippen LogP contribution in [0.5, 0.6) is 0 Å². The molecule has 116 valence electrons. The maximum atomic E-state index is 11.4. The summed E-state index contributed by atoms with van der Waals surface area (Å²) in [4.78, 5) is 22.2. The lowest BCUT2D eigenvalue weighted by atomic mass is 9.82. The SMILES string of the molecule is CS(=O)(=O)CCNC(=O)NCC1CCC(C(=O)O)CC1. The minimum absolute atomic E-state index is 0.0792. The van der Waals surface area contributed by atoms with Crippen LogP contribution in [0.25, 0.3) is 0 Å². The van der Waals surface area contributed by atoms with E-state index in [9.17, 15) is 18.0 Å². The van der Waals surface area contributed by atoms with Gasteiger partial charge in [-0.25, -0.2) is 13.2 Å². The van der Waals surface area contributed by atoms with E-state index in [1.165, 1.54) is 0 Å². The zero-order valence-corrected chi connectivity index (χ0v) is 12.4. The summed E-state index contributed by atoms with van der Waals surface area (Å²) < 4.78 is 21.8. The number of amides is 2. The Balaban J connectivity index is 2.15. The molecule has 0 aromatic heterocycles. The van der Waals surface area contributed by atoms with Gasteiger partial charge in [-0.05, 0) is 31.6 Å². The molecule has 0 radical (unpaired) electrons. The molecule has 0 unspecified atom stereocenters. The Morgan fingerprint density at radius 1 is 1.15 bits per heavy atom. The van der Waals surface area contributed by atoms with Crippen molar-refractivity contribution in [3.05, 3.63) is 0 Å². The molecule has 0 spiro atoms. The second-order valence-corrected chi connectivity index (χ2v) is 7.58. The molecule has 1 fully saturated rings. The zero-order valence-electron chi connectivity index (χ0n) is 11.6. The van der Waals surface area contributed by atoms with E-state index in [1.807, 2.05) is 0 Å². The van der Waals surface area contributed by atoms with E-state index in [0.29, 0.717) is 25.3 Å². The molecule has 20 heavy (non-hydrogen) atoms. The van der Waals surface area contributed by atoms with Gasteiger partial charge in [0.25, 0.3) is 0 Å². The summed E-state index contributed by atoms with van der Waals surface area (Å²) in [6.45, 7) is 0.591. The van der Waals surface area contributed by atoms with Crippen LogP contribution in [0.2, 0.25) is 0 Å². The maximum Gasteiger partial charge on any atom is 0.314 e. The minimum Gasteiger partial charge on any atom is -0.481 e. The number of hydrogen-bond acceptors (Lipinski definition) is 4. The summed E-state index contributed by atoms with van der Waals surface area (Å²) >= 11 is 0. The highest BCUT2D eigenvalue weighted by Crippen LogP contribution is 2.28. The van der Waals surface area contributed by atoms with Crippen molar-refractivity contribution in [2.45, 2.75) is 25.7 Å². The fourth-order valence-electron chi connectivity index (χ4n) is 2.26. The Kier molecular flexibility index (Phi) is 6.25. The third kappa shape index (κ3) is 6.74. The topological polar surface area (TPSA) is 113 Å². The van der Waals surface area contributed by atoms with Crippen molar-refractivity contribution in [3.63, 3.8) is 0 Å². The first-order valence-corrected chi connectivity index (χ1v) is 8.76. The lowest BCUT2D eigenvalue weighted by Crippen LogP contribution is -2.40. The fraction of sp³-hybridized carbons (Fsp3) is 0.833. The Labute approximate surface area is 119 Å². The molecular formula is C12H22N2O5S. The van der Waals surface area contributed by atoms with Crippen molar-refractivity contribution in [2.24, 2.45) is 11.8 Å². The highest BCUT2D eigenvalue weighted by molar-refractivity contribution is 7.90. The third-order valence-electron chi connectivity index (χ3n) is 3.51. The summed E-state index contributed by atoms with van der Waals surface area (Å²) in [6, 6.07) is -0.381. The molecular weight excluding hydrogens is 284 g/mol. The molecule has 3 N–H and O–H groups in total. The van der Waals surface area contributed by atoms with Crippen LogP contribution >= 0.6 is 0 Å². The number of sulfone groups is 1. The van der Waals surface area contributed by atoms with Gasteiger partial charge < -0.3 is 15.7 Å². The largest absolute Gasteiger partial charge is 0.481 e. The lowest BCUT2D eigenvalue weighted by molar-refractivity contribution is -0.143. The molecule has 0 heterocycles. The number of nitrogens with one attached hydrogen (secondary N) is 2. The smallest absolute Gasteiger partial charge is 0.314 e. The number of carboxylic acid groups (broad SMARTS) is 1. The Morgan fingerprint density at radius 3 is 2.25 bits per heavy atom. The molecule has 0 aromatic carbocycles. The van der Waals surface area contributed by atoms with Gasteiger partial charge in [-0.15, -0.1) is 0 Å². The third-order valence-corrected chi connectivity index (χ3v) is 4.45. The van der Waals surface area contributed by atoms with Crippen molar-refractivity contribution >= 4 is 21.8 Å². The summed E-state index contributed by atoms with van der Waals surface area (Å²) in [7, 11) is -3.07. The van der Waals surface area contributed by atoms with E-state index < -0.39 is 15.8 Å². The maximum absolute atomic E-state index is 11.4. The second kappa shape index (κ2) is 7.47. The van der Waals surface area contributed by atoms with Crippen LogP contribution < -0.4 is 10.6 Å². The predicted molar refractivity (Wildman–Crippen MR) is 74.2 cm³/mol. The van der Waals surface area contributed by atoms with E-state index >= 15 is 0 Å². The van der Waals surface area contributed by atoms with Crippen LogP contribution in [0.3, 0.4) is 0 Å². The molecule has 0 saturated heterocycles. The normalized spacial score (nSPS) is 23.1. The van der Waals surface area contributed by atoms with E-state index in [2.05, 4.69) is 10.6 Å². The van der Waals surface area contributed by atoms with E-state index in [4.69, 9.17) is 5.11 Å². The predicted octanol–water partition coefficient (Wildman–Crippen LogP) is 0.221. The second-order valence-electron chi connectivity index (χ2n) is 5.32. The summed E-state index contributed by atoms with van der Waals surface area (Å²) in [5, 5.41) is 14.0. The molecule has 2 amide bonds. The van der Waals surface area contributed by atoms with Crippen molar-refractivity contribution in [1.82, 2.24) is 10.6 Å². The van der Waals surface area contributed by atoms with Gasteiger partial charge in [0.05, 0.1) is 11.7 Å². The Bertz CT molecular complexity index is 441. The molecule has 0 aliphatic heterocycles. The quantitative estimate of drug-likeness (QED) is 0.650. The molecule has 7 nitrogen and oxygen atoms in total. The van der Waals surface area contributed by atoms with Crippen molar-refractivity contribution < 1.29 is 23.1 Å². The molecule has 1 aliphatic rings. The number of carbonyl (C=O) groups excluding carboxylic acids is 1. The molecule has 1 aliphatic carbocycles. The van der Waals surface area contributed by atoms with Gasteiger partial charge in [0, 0.05) is 19.3 Å². The summed E-state index contributed by atoms with van der Waals surface area (Å²) in [5.74, 6) is -0.777. The number of carbonyl (C=O) groups is 2. The van der Waals surface area contributed by atoms with E-state index in [1.54, 1.807) is 0 Å². The number of carboxylic acids is 1. The van der Waals surface area contributed by atoms with Gasteiger partial charge in [-0.3, -0.25) is 4.79 Å². The van der Waals surface area contributed by atoms with E-state index in [0.717, 1.165) is 19.1 Å². The highest BCUT2D eigenvalue weighted by Gasteiger charge is 2.25. The molecule has 0 aromatic rings. The highest BCUT2D eigenvalue weighted by atomic mass is 32.2. The van der Waals surface area contributed by atoms with Crippen LogP contribution in [0, 0.1) is 11.8 Å². The fourth-order valence-corrected chi connectivity index (χ4v) is 2.74. The number of urea groups is 1. The van der Waals surface area contributed by atoms with Gasteiger partial charge in [0.2, 0.25) is 0 Å². The standard InChI is InChI=1S/C12H22N2O5S/c1-20(18,19)7-6-13-12(17)14-8-9-2-4-10(5-3-9)11(15)16/h9-10H,2-8H2,1H3,(H,15,16)(H2,13,14,17). The van der Waals surface area contributed by atoms with Gasteiger partial charge in [0.1, 0.15) is 9.84 Å². The van der Waals surface area contributed by atoms with Crippen LogP contribution in [0.1, 0.15) is 25.7 Å².